The molecule has 6 nitrogen and oxygen atoms in total. The standard InChI is InChI=1S/C18H24N4O2/c1-13(2)21(3)17(23)18-5-7-24-11-15(18)10-22(12-18)16-4-6-20-9-14(16)8-19/h4,6,9,13,15H,5,7,10-12H2,1-3H3. The van der Waals surface area contributed by atoms with Gasteiger partial charge in [0.15, 0.2) is 0 Å². The van der Waals surface area contributed by atoms with E-state index in [0.29, 0.717) is 25.3 Å². The molecule has 24 heavy (non-hydrogen) atoms. The van der Waals surface area contributed by atoms with E-state index in [1.165, 1.54) is 0 Å². The van der Waals surface area contributed by atoms with Gasteiger partial charge in [-0.25, -0.2) is 0 Å². The molecule has 2 unspecified atom stereocenters. The molecule has 3 rings (SSSR count). The maximum Gasteiger partial charge on any atom is 0.231 e. The first kappa shape index (κ1) is 16.7. The highest BCUT2D eigenvalue weighted by molar-refractivity contribution is 5.85. The van der Waals surface area contributed by atoms with Crippen LogP contribution in [-0.4, -0.2) is 55.2 Å². The minimum atomic E-state index is -0.423. The summed E-state index contributed by atoms with van der Waals surface area (Å²) in [5, 5.41) is 9.36. The summed E-state index contributed by atoms with van der Waals surface area (Å²) in [5.41, 5.74) is 0.992. The monoisotopic (exact) mass is 328 g/mol. The number of fused-ring (bicyclic) bond motifs is 1. The summed E-state index contributed by atoms with van der Waals surface area (Å²) in [4.78, 5) is 21.3. The van der Waals surface area contributed by atoms with Crippen LogP contribution in [0.15, 0.2) is 18.5 Å². The molecule has 6 heteroatoms. The van der Waals surface area contributed by atoms with Crippen molar-refractivity contribution >= 4 is 11.6 Å². The first-order valence-electron chi connectivity index (χ1n) is 8.43. The highest BCUT2D eigenvalue weighted by Crippen LogP contribution is 2.45. The number of pyridine rings is 1. The van der Waals surface area contributed by atoms with E-state index in [0.717, 1.165) is 18.7 Å². The number of rotatable bonds is 3. The molecular formula is C18H24N4O2. The fourth-order valence-electron chi connectivity index (χ4n) is 3.82. The molecule has 2 saturated heterocycles. The Hall–Kier alpha value is -2.13. The number of amides is 1. The minimum Gasteiger partial charge on any atom is -0.381 e. The van der Waals surface area contributed by atoms with Gasteiger partial charge in [0.2, 0.25) is 5.91 Å². The van der Waals surface area contributed by atoms with Crippen LogP contribution in [0.3, 0.4) is 0 Å². The van der Waals surface area contributed by atoms with Crippen molar-refractivity contribution in [2.24, 2.45) is 11.3 Å². The average molecular weight is 328 g/mol. The third-order valence-corrected chi connectivity index (χ3v) is 5.49. The Kier molecular flexibility index (Phi) is 4.46. The van der Waals surface area contributed by atoms with Crippen LogP contribution in [0.1, 0.15) is 25.8 Å². The fourth-order valence-corrected chi connectivity index (χ4v) is 3.82. The maximum atomic E-state index is 13.2. The summed E-state index contributed by atoms with van der Waals surface area (Å²) in [6, 6.07) is 4.23. The summed E-state index contributed by atoms with van der Waals surface area (Å²) in [7, 11) is 1.88. The molecule has 0 N–H and O–H groups in total. The van der Waals surface area contributed by atoms with Crippen molar-refractivity contribution in [1.82, 2.24) is 9.88 Å². The molecule has 0 bridgehead atoms. The van der Waals surface area contributed by atoms with Gasteiger partial charge in [0.05, 0.1) is 23.3 Å². The highest BCUT2D eigenvalue weighted by atomic mass is 16.5. The van der Waals surface area contributed by atoms with Crippen LogP contribution >= 0.6 is 0 Å². The Labute approximate surface area is 143 Å². The van der Waals surface area contributed by atoms with Crippen molar-refractivity contribution in [1.29, 1.82) is 5.26 Å². The van der Waals surface area contributed by atoms with Crippen LogP contribution in [-0.2, 0) is 9.53 Å². The van der Waals surface area contributed by atoms with Crippen molar-refractivity contribution in [2.45, 2.75) is 26.3 Å². The van der Waals surface area contributed by atoms with Crippen molar-refractivity contribution in [3.63, 3.8) is 0 Å². The van der Waals surface area contributed by atoms with E-state index in [4.69, 9.17) is 4.74 Å². The predicted molar refractivity (Wildman–Crippen MR) is 90.4 cm³/mol. The summed E-state index contributed by atoms with van der Waals surface area (Å²) in [6.07, 6.45) is 4.02. The zero-order chi connectivity index (χ0) is 17.3. The largest absolute Gasteiger partial charge is 0.381 e. The van der Waals surface area contributed by atoms with E-state index in [-0.39, 0.29) is 17.9 Å². The zero-order valence-electron chi connectivity index (χ0n) is 14.5. The Balaban J connectivity index is 1.94. The molecule has 0 radical (unpaired) electrons. The van der Waals surface area contributed by atoms with E-state index < -0.39 is 5.41 Å². The fraction of sp³-hybridized carbons (Fsp3) is 0.611. The molecule has 3 heterocycles. The number of nitrogens with zero attached hydrogens (tertiary/aromatic N) is 4. The lowest BCUT2D eigenvalue weighted by atomic mass is 9.73. The topological polar surface area (TPSA) is 69.5 Å². The molecule has 1 aromatic rings. The third-order valence-electron chi connectivity index (χ3n) is 5.49. The number of aromatic nitrogens is 1. The predicted octanol–water partition coefficient (Wildman–Crippen LogP) is 1.66. The molecule has 1 amide bonds. The first-order chi connectivity index (χ1) is 11.5. The molecule has 0 aromatic carbocycles. The Morgan fingerprint density at radius 1 is 1.58 bits per heavy atom. The van der Waals surface area contributed by atoms with Crippen LogP contribution in [0.5, 0.6) is 0 Å². The van der Waals surface area contributed by atoms with Gasteiger partial charge in [-0.05, 0) is 26.3 Å². The van der Waals surface area contributed by atoms with Crippen LogP contribution in [0.2, 0.25) is 0 Å². The number of ether oxygens (including phenoxy) is 1. The molecular weight excluding hydrogens is 304 g/mol. The van der Waals surface area contributed by atoms with Gasteiger partial charge in [0.25, 0.3) is 0 Å². The van der Waals surface area contributed by atoms with Crippen molar-refractivity contribution < 1.29 is 9.53 Å². The van der Waals surface area contributed by atoms with E-state index in [9.17, 15) is 10.1 Å². The molecule has 1 aromatic heterocycles. The van der Waals surface area contributed by atoms with E-state index in [1.807, 2.05) is 31.9 Å². The van der Waals surface area contributed by atoms with Gasteiger partial charge in [-0.1, -0.05) is 0 Å². The SMILES string of the molecule is CC(C)N(C)C(=O)C12CCOCC1CN(c1ccncc1C#N)C2. The lowest BCUT2D eigenvalue weighted by Crippen LogP contribution is -2.52. The summed E-state index contributed by atoms with van der Waals surface area (Å²) >= 11 is 0. The van der Waals surface area contributed by atoms with Crippen molar-refractivity contribution in [3.05, 3.63) is 24.0 Å². The quantitative estimate of drug-likeness (QED) is 0.844. The molecule has 0 spiro atoms. The molecule has 0 aliphatic carbocycles. The lowest BCUT2D eigenvalue weighted by molar-refractivity contribution is -0.150. The Morgan fingerprint density at radius 2 is 2.38 bits per heavy atom. The van der Waals surface area contributed by atoms with Gasteiger partial charge < -0.3 is 14.5 Å². The molecule has 2 atom stereocenters. The summed E-state index contributed by atoms with van der Waals surface area (Å²) < 4.78 is 5.66. The van der Waals surface area contributed by atoms with Crippen LogP contribution in [0.4, 0.5) is 5.69 Å². The number of carbonyl (C=O) groups excluding carboxylic acids is 1. The van der Waals surface area contributed by atoms with Gasteiger partial charge in [0.1, 0.15) is 6.07 Å². The maximum absolute atomic E-state index is 13.2. The van der Waals surface area contributed by atoms with Gasteiger partial charge in [-0.2, -0.15) is 5.26 Å². The number of carbonyl (C=O) groups is 1. The van der Waals surface area contributed by atoms with E-state index in [1.54, 1.807) is 12.4 Å². The third kappa shape index (κ3) is 2.63. The molecule has 2 aliphatic heterocycles. The molecule has 0 saturated carbocycles. The number of hydrogen-bond acceptors (Lipinski definition) is 5. The van der Waals surface area contributed by atoms with Crippen LogP contribution < -0.4 is 4.90 Å². The van der Waals surface area contributed by atoms with Gasteiger partial charge in [-0.15, -0.1) is 0 Å². The Bertz CT molecular complexity index is 669. The number of hydrogen-bond donors (Lipinski definition) is 0. The minimum absolute atomic E-state index is 0.152. The second-order valence-electron chi connectivity index (χ2n) is 7.07. The smallest absolute Gasteiger partial charge is 0.231 e. The Morgan fingerprint density at radius 3 is 3.08 bits per heavy atom. The number of anilines is 1. The van der Waals surface area contributed by atoms with Gasteiger partial charge in [-0.3, -0.25) is 9.78 Å². The average Bonchev–Trinajstić information content (AvgIpc) is 3.00. The summed E-state index contributed by atoms with van der Waals surface area (Å²) in [6.45, 7) is 6.65. The summed E-state index contributed by atoms with van der Waals surface area (Å²) in [5.74, 6) is 0.348. The van der Waals surface area contributed by atoms with E-state index >= 15 is 0 Å². The lowest BCUT2D eigenvalue weighted by Gasteiger charge is -2.40. The van der Waals surface area contributed by atoms with Gasteiger partial charge >= 0.3 is 0 Å². The molecule has 128 valence electrons. The van der Waals surface area contributed by atoms with Crippen molar-refractivity contribution in [3.8, 4) is 6.07 Å². The van der Waals surface area contributed by atoms with E-state index in [2.05, 4.69) is 16.0 Å². The second kappa shape index (κ2) is 6.40. The first-order valence-corrected chi connectivity index (χ1v) is 8.43. The molecule has 2 aliphatic rings. The normalized spacial score (nSPS) is 26.1. The van der Waals surface area contributed by atoms with Crippen LogP contribution in [0.25, 0.3) is 0 Å². The van der Waals surface area contributed by atoms with Crippen molar-refractivity contribution in [2.75, 3.05) is 38.3 Å². The second-order valence-corrected chi connectivity index (χ2v) is 7.07. The highest BCUT2D eigenvalue weighted by Gasteiger charge is 2.54. The van der Waals surface area contributed by atoms with Crippen LogP contribution in [0, 0.1) is 22.7 Å². The zero-order valence-corrected chi connectivity index (χ0v) is 14.5. The molecule has 2 fully saturated rings. The number of nitriles is 1. The van der Waals surface area contributed by atoms with Gasteiger partial charge in [0, 0.05) is 51.1 Å².